The number of benzene rings is 2. The van der Waals surface area contributed by atoms with Crippen LogP contribution in [0.2, 0.25) is 0 Å². The zero-order chi connectivity index (χ0) is 13.9. The van der Waals surface area contributed by atoms with Crippen molar-refractivity contribution in [2.75, 3.05) is 0 Å². The molecule has 1 aromatic heterocycles. The number of rotatable bonds is 2. The number of aromatic amines is 1. The first kappa shape index (κ1) is 12.1. The van der Waals surface area contributed by atoms with Crippen molar-refractivity contribution >= 4 is 22.3 Å². The van der Waals surface area contributed by atoms with Gasteiger partial charge in [-0.3, -0.25) is 0 Å². The number of fused-ring (bicyclic) bond motifs is 1. The maximum atomic E-state index is 8.76. The van der Waals surface area contributed by atoms with E-state index in [4.69, 9.17) is 5.26 Å². The predicted molar refractivity (Wildman–Crippen MR) is 78.4 cm³/mol. The van der Waals surface area contributed by atoms with Crippen molar-refractivity contribution in [1.29, 1.82) is 5.26 Å². The largest absolute Gasteiger partial charge is 0.357 e. The van der Waals surface area contributed by atoms with E-state index < -0.39 is 0 Å². The Kier molecular flexibility index (Phi) is 3.02. The molecule has 0 aliphatic rings. The smallest absolute Gasteiger partial charge is 0.114 e. The number of hydrogen-bond donors (Lipinski definition) is 1. The fourth-order valence-electron chi connectivity index (χ4n) is 2.10. The van der Waals surface area contributed by atoms with Crippen LogP contribution >= 0.6 is 0 Å². The minimum atomic E-state index is 0.618. The molecule has 0 fully saturated rings. The van der Waals surface area contributed by atoms with Gasteiger partial charge >= 0.3 is 0 Å². The number of nitrogens with zero attached hydrogens (tertiary/aromatic N) is 3. The van der Waals surface area contributed by atoms with Crippen LogP contribution in [0.4, 0.5) is 11.4 Å². The molecule has 3 rings (SSSR count). The van der Waals surface area contributed by atoms with Gasteiger partial charge in [-0.25, -0.2) is 0 Å². The zero-order valence-electron chi connectivity index (χ0n) is 11.0. The topological polar surface area (TPSA) is 64.3 Å². The summed E-state index contributed by atoms with van der Waals surface area (Å²) >= 11 is 0. The van der Waals surface area contributed by atoms with Gasteiger partial charge in [-0.05, 0) is 37.3 Å². The minimum Gasteiger partial charge on any atom is -0.357 e. The molecule has 20 heavy (non-hydrogen) atoms. The third-order valence-electron chi connectivity index (χ3n) is 3.12. The van der Waals surface area contributed by atoms with Gasteiger partial charge in [0.05, 0.1) is 17.3 Å². The monoisotopic (exact) mass is 260 g/mol. The fraction of sp³-hybridized carbons (Fsp3) is 0.0625. The summed E-state index contributed by atoms with van der Waals surface area (Å²) in [4.78, 5) is 3.28. The van der Waals surface area contributed by atoms with Gasteiger partial charge < -0.3 is 4.98 Å². The Bertz CT molecular complexity index is 820. The summed E-state index contributed by atoms with van der Waals surface area (Å²) in [5, 5.41) is 18.4. The van der Waals surface area contributed by atoms with Crippen LogP contribution in [0.3, 0.4) is 0 Å². The zero-order valence-corrected chi connectivity index (χ0v) is 11.0. The van der Waals surface area contributed by atoms with Crippen molar-refractivity contribution in [3.8, 4) is 6.07 Å². The van der Waals surface area contributed by atoms with Crippen LogP contribution in [0.1, 0.15) is 11.3 Å². The molecule has 0 radical (unpaired) electrons. The quantitative estimate of drug-likeness (QED) is 0.663. The van der Waals surface area contributed by atoms with Gasteiger partial charge in [0.2, 0.25) is 0 Å². The number of aryl methyl sites for hydroxylation is 1. The number of azo groups is 1. The molecule has 96 valence electrons. The van der Waals surface area contributed by atoms with Gasteiger partial charge in [-0.1, -0.05) is 18.2 Å². The average Bonchev–Trinajstić information content (AvgIpc) is 2.81. The molecule has 3 aromatic rings. The van der Waals surface area contributed by atoms with Crippen molar-refractivity contribution in [1.82, 2.24) is 4.98 Å². The highest BCUT2D eigenvalue weighted by Gasteiger charge is 2.06. The van der Waals surface area contributed by atoms with Crippen molar-refractivity contribution in [2.24, 2.45) is 10.2 Å². The summed E-state index contributed by atoms with van der Waals surface area (Å²) in [5.41, 5.74) is 4.24. The fourth-order valence-corrected chi connectivity index (χ4v) is 2.10. The molecule has 0 saturated carbocycles. The van der Waals surface area contributed by atoms with Gasteiger partial charge in [-0.2, -0.15) is 10.4 Å². The normalized spacial score (nSPS) is 11.0. The SMILES string of the molecule is Cc1[nH]c2ccccc2c1N=Nc1ccc(C#N)cc1. The third kappa shape index (κ3) is 2.17. The van der Waals surface area contributed by atoms with Gasteiger partial charge in [0.1, 0.15) is 5.69 Å². The van der Waals surface area contributed by atoms with E-state index in [1.807, 2.05) is 31.2 Å². The molecule has 1 heterocycles. The molecule has 0 amide bonds. The molecule has 0 aliphatic carbocycles. The lowest BCUT2D eigenvalue weighted by Gasteiger charge is -1.94. The van der Waals surface area contributed by atoms with Crippen LogP contribution in [-0.4, -0.2) is 4.98 Å². The van der Waals surface area contributed by atoms with Crippen LogP contribution in [0.25, 0.3) is 10.9 Å². The highest BCUT2D eigenvalue weighted by atomic mass is 15.1. The van der Waals surface area contributed by atoms with E-state index in [-0.39, 0.29) is 0 Å². The summed E-state index contributed by atoms with van der Waals surface area (Å²) in [5.74, 6) is 0. The first-order valence-corrected chi connectivity index (χ1v) is 6.27. The first-order chi connectivity index (χ1) is 9.78. The number of H-pyrrole nitrogens is 1. The Hall–Kier alpha value is -2.93. The second-order valence-corrected chi connectivity index (χ2v) is 4.50. The lowest BCUT2D eigenvalue weighted by atomic mass is 10.2. The molecule has 0 bridgehead atoms. The van der Waals surface area contributed by atoms with Crippen LogP contribution in [0.5, 0.6) is 0 Å². The summed E-state index contributed by atoms with van der Waals surface area (Å²) < 4.78 is 0. The highest BCUT2D eigenvalue weighted by Crippen LogP contribution is 2.31. The standard InChI is InChI=1S/C16H12N4/c1-11-16(14-4-2-3-5-15(14)18-11)20-19-13-8-6-12(10-17)7-9-13/h2-9,18H,1H3. The Morgan fingerprint density at radius 3 is 2.50 bits per heavy atom. The predicted octanol–water partition coefficient (Wildman–Crippen LogP) is 4.76. The van der Waals surface area contributed by atoms with E-state index in [1.54, 1.807) is 24.3 Å². The molecular formula is C16H12N4. The summed E-state index contributed by atoms with van der Waals surface area (Å²) in [6, 6.07) is 17.1. The van der Waals surface area contributed by atoms with E-state index in [0.717, 1.165) is 28.0 Å². The van der Waals surface area contributed by atoms with Gasteiger partial charge in [0, 0.05) is 16.6 Å². The van der Waals surface area contributed by atoms with Crippen molar-refractivity contribution in [3.05, 3.63) is 59.8 Å². The number of aromatic nitrogens is 1. The molecule has 0 atom stereocenters. The Labute approximate surface area is 116 Å². The highest BCUT2D eigenvalue weighted by molar-refractivity contribution is 5.92. The number of nitrogens with one attached hydrogen (secondary N) is 1. The molecular weight excluding hydrogens is 248 g/mol. The molecule has 4 heteroatoms. The maximum Gasteiger partial charge on any atom is 0.114 e. The lowest BCUT2D eigenvalue weighted by Crippen LogP contribution is -1.71. The van der Waals surface area contributed by atoms with E-state index in [0.29, 0.717) is 5.56 Å². The molecule has 0 aliphatic heterocycles. The second-order valence-electron chi connectivity index (χ2n) is 4.50. The summed E-state index contributed by atoms with van der Waals surface area (Å²) in [7, 11) is 0. The van der Waals surface area contributed by atoms with Crippen LogP contribution in [-0.2, 0) is 0 Å². The molecule has 4 nitrogen and oxygen atoms in total. The van der Waals surface area contributed by atoms with Crippen LogP contribution in [0.15, 0.2) is 58.8 Å². The van der Waals surface area contributed by atoms with E-state index in [2.05, 4.69) is 21.3 Å². The number of para-hydroxylation sites is 1. The summed E-state index contributed by atoms with van der Waals surface area (Å²) in [6.45, 7) is 1.98. The number of nitriles is 1. The number of hydrogen-bond acceptors (Lipinski definition) is 3. The Balaban J connectivity index is 1.98. The van der Waals surface area contributed by atoms with Crippen molar-refractivity contribution in [3.63, 3.8) is 0 Å². The first-order valence-electron chi connectivity index (χ1n) is 6.27. The summed E-state index contributed by atoms with van der Waals surface area (Å²) in [6.07, 6.45) is 0. The molecule has 2 aromatic carbocycles. The maximum absolute atomic E-state index is 8.76. The van der Waals surface area contributed by atoms with Crippen LogP contribution < -0.4 is 0 Å². The van der Waals surface area contributed by atoms with Crippen LogP contribution in [0, 0.1) is 18.3 Å². The second kappa shape index (κ2) is 4.98. The van der Waals surface area contributed by atoms with E-state index >= 15 is 0 Å². The van der Waals surface area contributed by atoms with Crippen molar-refractivity contribution < 1.29 is 0 Å². The van der Waals surface area contributed by atoms with Gasteiger partial charge in [0.15, 0.2) is 0 Å². The van der Waals surface area contributed by atoms with E-state index in [9.17, 15) is 0 Å². The van der Waals surface area contributed by atoms with Crippen molar-refractivity contribution in [2.45, 2.75) is 6.92 Å². The molecule has 0 saturated heterocycles. The van der Waals surface area contributed by atoms with Gasteiger partial charge in [0.25, 0.3) is 0 Å². The van der Waals surface area contributed by atoms with Gasteiger partial charge in [-0.15, -0.1) is 5.11 Å². The molecule has 0 unspecified atom stereocenters. The van der Waals surface area contributed by atoms with E-state index in [1.165, 1.54) is 0 Å². The Morgan fingerprint density at radius 1 is 1.00 bits per heavy atom. The average molecular weight is 260 g/mol. The molecule has 1 N–H and O–H groups in total. The minimum absolute atomic E-state index is 0.618. The third-order valence-corrected chi connectivity index (χ3v) is 3.12. The molecule has 0 spiro atoms. The Morgan fingerprint density at radius 2 is 1.75 bits per heavy atom. The lowest BCUT2D eigenvalue weighted by molar-refractivity contribution is 1.20.